The van der Waals surface area contributed by atoms with Crippen LogP contribution >= 0.6 is 0 Å². The molecule has 0 radical (unpaired) electrons. The van der Waals surface area contributed by atoms with Gasteiger partial charge in [-0.05, 0) is 25.1 Å². The summed E-state index contributed by atoms with van der Waals surface area (Å²) in [7, 11) is 1.84. The molecule has 1 N–H and O–H groups in total. The Hall–Kier alpha value is -2.06. The number of anilines is 1. The molecule has 0 aliphatic rings. The van der Waals surface area contributed by atoms with Gasteiger partial charge in [-0.1, -0.05) is 0 Å². The number of likely N-dealkylation sites (N-methyl/N-ethyl adjacent to an activating group) is 1. The number of ether oxygens (including phenoxy) is 1. The lowest BCUT2D eigenvalue weighted by molar-refractivity contribution is 0.0697. The lowest BCUT2D eigenvalue weighted by Crippen LogP contribution is -2.23. The van der Waals surface area contributed by atoms with E-state index in [4.69, 9.17) is 15.1 Å². The fraction of sp³-hybridized carbons (Fsp3) is 0.385. The summed E-state index contributed by atoms with van der Waals surface area (Å²) in [6.07, 6.45) is 0. The van der Waals surface area contributed by atoms with Crippen LogP contribution in [0.1, 0.15) is 22.8 Å². The summed E-state index contributed by atoms with van der Waals surface area (Å²) in [6, 6.07) is 6.54. The molecule has 0 spiro atoms. The Kier molecular flexibility index (Phi) is 5.15. The molecular weight excluding hydrogens is 232 g/mol. The number of carbonyl (C=O) groups is 1. The number of aromatic carboxylic acids is 1. The molecule has 5 heteroatoms. The quantitative estimate of drug-likeness (QED) is 0.776. The Morgan fingerprint density at radius 1 is 1.56 bits per heavy atom. The summed E-state index contributed by atoms with van der Waals surface area (Å²) in [5.41, 5.74) is 1.18. The molecule has 0 aliphatic carbocycles. The van der Waals surface area contributed by atoms with Crippen molar-refractivity contribution in [2.75, 3.05) is 31.7 Å². The van der Waals surface area contributed by atoms with Crippen molar-refractivity contribution in [1.29, 1.82) is 5.26 Å². The van der Waals surface area contributed by atoms with Crippen LogP contribution in [0.5, 0.6) is 0 Å². The minimum absolute atomic E-state index is 0.119. The van der Waals surface area contributed by atoms with Crippen molar-refractivity contribution in [2.45, 2.75) is 6.92 Å². The topological polar surface area (TPSA) is 73.6 Å². The van der Waals surface area contributed by atoms with Crippen LogP contribution in [0.2, 0.25) is 0 Å². The zero-order valence-electron chi connectivity index (χ0n) is 10.5. The second-order valence-electron chi connectivity index (χ2n) is 3.77. The molecule has 1 rings (SSSR count). The first-order valence-corrected chi connectivity index (χ1v) is 5.66. The van der Waals surface area contributed by atoms with Gasteiger partial charge >= 0.3 is 5.97 Å². The normalized spacial score (nSPS) is 9.83. The van der Waals surface area contributed by atoms with Gasteiger partial charge in [-0.15, -0.1) is 0 Å². The van der Waals surface area contributed by atoms with Crippen molar-refractivity contribution in [3.8, 4) is 6.07 Å². The van der Waals surface area contributed by atoms with E-state index in [1.165, 1.54) is 12.1 Å². The third-order valence-electron chi connectivity index (χ3n) is 2.55. The fourth-order valence-corrected chi connectivity index (χ4v) is 1.56. The number of hydrogen-bond acceptors (Lipinski definition) is 4. The third-order valence-corrected chi connectivity index (χ3v) is 2.55. The van der Waals surface area contributed by atoms with Crippen molar-refractivity contribution in [3.63, 3.8) is 0 Å². The Morgan fingerprint density at radius 2 is 2.28 bits per heavy atom. The van der Waals surface area contributed by atoms with Crippen LogP contribution in [0, 0.1) is 11.3 Å². The van der Waals surface area contributed by atoms with E-state index in [1.807, 2.05) is 24.9 Å². The van der Waals surface area contributed by atoms with E-state index in [2.05, 4.69) is 0 Å². The van der Waals surface area contributed by atoms with Crippen LogP contribution in [-0.2, 0) is 4.74 Å². The number of hydrogen-bond donors (Lipinski definition) is 1. The van der Waals surface area contributed by atoms with Crippen molar-refractivity contribution < 1.29 is 14.6 Å². The van der Waals surface area contributed by atoms with E-state index in [1.54, 1.807) is 6.07 Å². The number of benzene rings is 1. The lowest BCUT2D eigenvalue weighted by atomic mass is 10.1. The zero-order chi connectivity index (χ0) is 13.5. The average Bonchev–Trinajstić information content (AvgIpc) is 2.38. The highest BCUT2D eigenvalue weighted by Crippen LogP contribution is 2.20. The van der Waals surface area contributed by atoms with E-state index in [9.17, 15) is 4.79 Å². The predicted octanol–water partition coefficient (Wildman–Crippen LogP) is 1.73. The average molecular weight is 248 g/mol. The van der Waals surface area contributed by atoms with Crippen LogP contribution in [0.3, 0.4) is 0 Å². The first-order chi connectivity index (χ1) is 8.60. The highest BCUT2D eigenvalue weighted by Gasteiger charge is 2.11. The van der Waals surface area contributed by atoms with Gasteiger partial charge in [-0.3, -0.25) is 0 Å². The van der Waals surface area contributed by atoms with Crippen molar-refractivity contribution in [1.82, 2.24) is 0 Å². The molecule has 1 aromatic rings. The number of nitrogens with zero attached hydrogens (tertiary/aromatic N) is 2. The van der Waals surface area contributed by atoms with E-state index >= 15 is 0 Å². The first kappa shape index (κ1) is 14.0. The number of carboxylic acids is 1. The van der Waals surface area contributed by atoms with Gasteiger partial charge in [-0.25, -0.2) is 4.79 Å². The Morgan fingerprint density at radius 3 is 2.83 bits per heavy atom. The number of carboxylic acid groups (broad SMARTS) is 1. The third kappa shape index (κ3) is 3.47. The molecule has 0 aromatic heterocycles. The molecule has 0 heterocycles. The SMILES string of the molecule is CCOCCN(C)c1ccc(C(=O)O)cc1C#N. The minimum atomic E-state index is -1.03. The molecule has 0 saturated heterocycles. The molecule has 0 saturated carbocycles. The van der Waals surface area contributed by atoms with Gasteiger partial charge in [0.25, 0.3) is 0 Å². The van der Waals surface area contributed by atoms with Gasteiger partial charge in [0.1, 0.15) is 6.07 Å². The summed E-state index contributed by atoms with van der Waals surface area (Å²) < 4.78 is 5.24. The molecule has 0 atom stereocenters. The Labute approximate surface area is 106 Å². The van der Waals surface area contributed by atoms with Crippen molar-refractivity contribution in [2.24, 2.45) is 0 Å². The maximum absolute atomic E-state index is 10.8. The van der Waals surface area contributed by atoms with E-state index in [-0.39, 0.29) is 5.56 Å². The summed E-state index contributed by atoms with van der Waals surface area (Å²) in [5, 5.41) is 17.9. The molecule has 0 unspecified atom stereocenters. The van der Waals surface area contributed by atoms with Gasteiger partial charge in [0.2, 0.25) is 0 Å². The maximum Gasteiger partial charge on any atom is 0.335 e. The second-order valence-corrected chi connectivity index (χ2v) is 3.77. The zero-order valence-corrected chi connectivity index (χ0v) is 10.5. The maximum atomic E-state index is 10.8. The van der Waals surface area contributed by atoms with Crippen LogP contribution in [-0.4, -0.2) is 37.9 Å². The largest absolute Gasteiger partial charge is 0.478 e. The predicted molar refractivity (Wildman–Crippen MR) is 67.9 cm³/mol. The fourth-order valence-electron chi connectivity index (χ4n) is 1.56. The summed E-state index contributed by atoms with van der Waals surface area (Å²) in [5.74, 6) is -1.03. The van der Waals surface area contributed by atoms with Gasteiger partial charge in [-0.2, -0.15) is 5.26 Å². The number of nitriles is 1. The first-order valence-electron chi connectivity index (χ1n) is 5.66. The van der Waals surface area contributed by atoms with Gasteiger partial charge < -0.3 is 14.7 Å². The monoisotopic (exact) mass is 248 g/mol. The second kappa shape index (κ2) is 6.62. The molecule has 0 aliphatic heterocycles. The molecule has 0 amide bonds. The highest BCUT2D eigenvalue weighted by atomic mass is 16.5. The van der Waals surface area contributed by atoms with E-state index < -0.39 is 5.97 Å². The van der Waals surface area contributed by atoms with Crippen LogP contribution < -0.4 is 4.90 Å². The molecule has 5 nitrogen and oxygen atoms in total. The standard InChI is InChI=1S/C13H16N2O3/c1-3-18-7-6-15(2)12-5-4-10(13(16)17)8-11(12)9-14/h4-5,8H,3,6-7H2,1-2H3,(H,16,17). The van der Waals surface area contributed by atoms with Gasteiger partial charge in [0, 0.05) is 20.2 Å². The summed E-state index contributed by atoms with van der Waals surface area (Å²) in [6.45, 7) is 3.78. The lowest BCUT2D eigenvalue weighted by Gasteiger charge is -2.20. The Balaban J connectivity index is 2.88. The Bertz CT molecular complexity index is 466. The summed E-state index contributed by atoms with van der Waals surface area (Å²) in [4.78, 5) is 12.7. The number of rotatable bonds is 6. The van der Waals surface area contributed by atoms with Crippen molar-refractivity contribution >= 4 is 11.7 Å². The molecule has 0 fully saturated rings. The van der Waals surface area contributed by atoms with Crippen LogP contribution in [0.15, 0.2) is 18.2 Å². The smallest absolute Gasteiger partial charge is 0.335 e. The van der Waals surface area contributed by atoms with Crippen LogP contribution in [0.4, 0.5) is 5.69 Å². The molecule has 0 bridgehead atoms. The van der Waals surface area contributed by atoms with Gasteiger partial charge in [0.05, 0.1) is 23.4 Å². The highest BCUT2D eigenvalue weighted by molar-refractivity contribution is 5.89. The molecule has 1 aromatic carbocycles. The van der Waals surface area contributed by atoms with Crippen molar-refractivity contribution in [3.05, 3.63) is 29.3 Å². The van der Waals surface area contributed by atoms with Crippen LogP contribution in [0.25, 0.3) is 0 Å². The van der Waals surface area contributed by atoms with E-state index in [0.29, 0.717) is 31.0 Å². The molecule has 18 heavy (non-hydrogen) atoms. The summed E-state index contributed by atoms with van der Waals surface area (Å²) >= 11 is 0. The van der Waals surface area contributed by atoms with E-state index in [0.717, 1.165) is 0 Å². The molecule has 96 valence electrons. The molecular formula is C13H16N2O3. The minimum Gasteiger partial charge on any atom is -0.478 e. The van der Waals surface area contributed by atoms with Gasteiger partial charge in [0.15, 0.2) is 0 Å².